The van der Waals surface area contributed by atoms with Crippen LogP contribution in [0.5, 0.6) is 0 Å². The Morgan fingerprint density at radius 1 is 1.40 bits per heavy atom. The second kappa shape index (κ2) is 8.27. The maximum Gasteiger partial charge on any atom is 0.239 e. The Labute approximate surface area is 130 Å². The fourth-order valence-electron chi connectivity index (χ4n) is 1.79. The lowest BCUT2D eigenvalue weighted by molar-refractivity contribution is -0.119. The van der Waals surface area contributed by atoms with Crippen LogP contribution in [0.15, 0.2) is 22.7 Å². The Kier molecular flexibility index (Phi) is 7.02. The highest BCUT2D eigenvalue weighted by Gasteiger charge is 2.09. The van der Waals surface area contributed by atoms with Crippen molar-refractivity contribution in [2.75, 3.05) is 32.1 Å². The molecular weight excluding hydrogens is 318 g/mol. The van der Waals surface area contributed by atoms with Crippen molar-refractivity contribution in [2.24, 2.45) is 5.92 Å². The van der Waals surface area contributed by atoms with Gasteiger partial charge in [-0.25, -0.2) is 0 Å². The molecule has 0 spiro atoms. The molecule has 0 aliphatic heterocycles. The summed E-state index contributed by atoms with van der Waals surface area (Å²) in [6, 6.07) is 6.15. The second-order valence-electron chi connectivity index (χ2n) is 5.36. The number of nitrogens with one attached hydrogen (secondary N) is 2. The lowest BCUT2D eigenvalue weighted by Crippen LogP contribution is -2.36. The van der Waals surface area contributed by atoms with E-state index in [1.54, 1.807) is 0 Å². The maximum absolute atomic E-state index is 11.8. The maximum atomic E-state index is 11.8. The normalized spacial score (nSPS) is 10.7. The number of rotatable bonds is 7. The molecule has 0 saturated heterocycles. The van der Waals surface area contributed by atoms with Crippen molar-refractivity contribution < 1.29 is 4.79 Å². The van der Waals surface area contributed by atoms with Crippen LogP contribution in [-0.2, 0) is 11.3 Å². The molecule has 1 amide bonds. The molecule has 0 saturated carbocycles. The van der Waals surface area contributed by atoms with Crippen molar-refractivity contribution in [2.45, 2.75) is 20.4 Å². The lowest BCUT2D eigenvalue weighted by atomic mass is 10.2. The van der Waals surface area contributed by atoms with E-state index in [0.717, 1.165) is 23.2 Å². The molecule has 112 valence electrons. The summed E-state index contributed by atoms with van der Waals surface area (Å²) < 4.78 is 1.05. The third-order valence-corrected chi connectivity index (χ3v) is 3.67. The van der Waals surface area contributed by atoms with E-state index in [0.29, 0.717) is 12.5 Å². The first-order chi connectivity index (χ1) is 9.43. The number of hydrogen-bond donors (Lipinski definition) is 2. The zero-order valence-corrected chi connectivity index (χ0v) is 14.3. The van der Waals surface area contributed by atoms with Crippen molar-refractivity contribution in [1.82, 2.24) is 10.6 Å². The number of halogens is 1. The van der Waals surface area contributed by atoms with E-state index in [1.807, 2.05) is 31.1 Å². The third kappa shape index (κ3) is 5.51. The molecule has 0 atom stereocenters. The quantitative estimate of drug-likeness (QED) is 0.800. The van der Waals surface area contributed by atoms with Gasteiger partial charge in [0, 0.05) is 30.3 Å². The summed E-state index contributed by atoms with van der Waals surface area (Å²) in [4.78, 5) is 13.8. The van der Waals surface area contributed by atoms with Gasteiger partial charge in [0.25, 0.3) is 0 Å². The second-order valence-corrected chi connectivity index (χ2v) is 6.21. The van der Waals surface area contributed by atoms with Crippen molar-refractivity contribution >= 4 is 27.5 Å². The highest BCUT2D eigenvalue weighted by molar-refractivity contribution is 9.10. The van der Waals surface area contributed by atoms with Gasteiger partial charge in [-0.2, -0.15) is 0 Å². The minimum absolute atomic E-state index is 0.0524. The molecule has 0 bridgehead atoms. The predicted octanol–water partition coefficient (Wildman–Crippen LogP) is 2.38. The van der Waals surface area contributed by atoms with Gasteiger partial charge in [0.15, 0.2) is 0 Å². The first-order valence-electron chi connectivity index (χ1n) is 6.85. The molecule has 1 aromatic carbocycles. The number of amides is 1. The van der Waals surface area contributed by atoms with Gasteiger partial charge in [0.05, 0.1) is 6.54 Å². The first kappa shape index (κ1) is 17.0. The molecule has 4 nitrogen and oxygen atoms in total. The average Bonchev–Trinajstić information content (AvgIpc) is 2.39. The summed E-state index contributed by atoms with van der Waals surface area (Å²) in [5.74, 6) is 0.524. The van der Waals surface area contributed by atoms with Crippen LogP contribution < -0.4 is 15.5 Å². The van der Waals surface area contributed by atoms with Crippen LogP contribution in [0.25, 0.3) is 0 Å². The van der Waals surface area contributed by atoms with Gasteiger partial charge in [-0.05, 0) is 30.7 Å². The first-order valence-corrected chi connectivity index (χ1v) is 7.64. The van der Waals surface area contributed by atoms with Gasteiger partial charge in [-0.15, -0.1) is 0 Å². The molecule has 0 unspecified atom stereocenters. The van der Waals surface area contributed by atoms with Gasteiger partial charge in [-0.3, -0.25) is 4.79 Å². The smallest absolute Gasteiger partial charge is 0.239 e. The Balaban J connectivity index is 2.61. The number of benzene rings is 1. The summed E-state index contributed by atoms with van der Waals surface area (Å²) in [6.07, 6.45) is 0. The van der Waals surface area contributed by atoms with Gasteiger partial charge >= 0.3 is 0 Å². The van der Waals surface area contributed by atoms with E-state index in [2.05, 4.69) is 46.5 Å². The molecule has 2 N–H and O–H groups in total. The van der Waals surface area contributed by atoms with Crippen LogP contribution in [0.4, 0.5) is 5.69 Å². The van der Waals surface area contributed by atoms with Crippen molar-refractivity contribution in [3.8, 4) is 0 Å². The Hall–Kier alpha value is -1.07. The van der Waals surface area contributed by atoms with Crippen molar-refractivity contribution in [3.05, 3.63) is 28.2 Å². The summed E-state index contributed by atoms with van der Waals surface area (Å²) >= 11 is 3.57. The van der Waals surface area contributed by atoms with Crippen LogP contribution in [0.2, 0.25) is 0 Å². The lowest BCUT2D eigenvalue weighted by Gasteiger charge is -2.20. The highest BCUT2D eigenvalue weighted by Crippen LogP contribution is 2.23. The predicted molar refractivity (Wildman–Crippen MR) is 88.0 cm³/mol. The Morgan fingerprint density at radius 3 is 2.65 bits per heavy atom. The van der Waals surface area contributed by atoms with Gasteiger partial charge in [-0.1, -0.05) is 35.8 Å². The van der Waals surface area contributed by atoms with E-state index in [9.17, 15) is 4.79 Å². The summed E-state index contributed by atoms with van der Waals surface area (Å²) in [7, 11) is 3.85. The topological polar surface area (TPSA) is 44.4 Å². The van der Waals surface area contributed by atoms with Crippen molar-refractivity contribution in [3.63, 3.8) is 0 Å². The summed E-state index contributed by atoms with van der Waals surface area (Å²) in [5, 5.41) is 6.05. The molecule has 0 radical (unpaired) electrons. The van der Waals surface area contributed by atoms with E-state index in [4.69, 9.17) is 0 Å². The fraction of sp³-hybridized carbons (Fsp3) is 0.533. The summed E-state index contributed by atoms with van der Waals surface area (Å²) in [5.41, 5.74) is 2.23. The standard InChI is InChI=1S/C15H24BrN3O/c1-11(2)8-18-15(20)10-19(4)13-6-5-12(9-17-3)14(16)7-13/h5-7,11,17H,8-10H2,1-4H3,(H,18,20). The Bertz CT molecular complexity index is 449. The molecule has 5 heteroatoms. The van der Waals surface area contributed by atoms with Gasteiger partial charge in [0.1, 0.15) is 0 Å². The largest absolute Gasteiger partial charge is 0.365 e. The average molecular weight is 342 g/mol. The zero-order valence-electron chi connectivity index (χ0n) is 12.7. The van der Waals surface area contributed by atoms with Crippen LogP contribution in [0, 0.1) is 5.92 Å². The molecule has 1 rings (SSSR count). The molecule has 20 heavy (non-hydrogen) atoms. The number of anilines is 1. The minimum Gasteiger partial charge on any atom is -0.365 e. The zero-order chi connectivity index (χ0) is 15.1. The van der Waals surface area contributed by atoms with E-state index < -0.39 is 0 Å². The minimum atomic E-state index is 0.0524. The Morgan fingerprint density at radius 2 is 2.10 bits per heavy atom. The van der Waals surface area contributed by atoms with Crippen LogP contribution in [0.3, 0.4) is 0 Å². The van der Waals surface area contributed by atoms with E-state index >= 15 is 0 Å². The number of likely N-dealkylation sites (N-methyl/N-ethyl adjacent to an activating group) is 1. The van der Waals surface area contributed by atoms with E-state index in [-0.39, 0.29) is 5.91 Å². The monoisotopic (exact) mass is 341 g/mol. The molecule has 0 aliphatic carbocycles. The number of nitrogens with zero attached hydrogens (tertiary/aromatic N) is 1. The number of carbonyl (C=O) groups excluding carboxylic acids is 1. The van der Waals surface area contributed by atoms with Crippen LogP contribution in [-0.4, -0.2) is 33.1 Å². The van der Waals surface area contributed by atoms with Crippen molar-refractivity contribution in [1.29, 1.82) is 0 Å². The fourth-order valence-corrected chi connectivity index (χ4v) is 2.29. The van der Waals surface area contributed by atoms with Crippen LogP contribution in [0.1, 0.15) is 19.4 Å². The molecule has 0 aromatic heterocycles. The third-order valence-electron chi connectivity index (χ3n) is 2.93. The SMILES string of the molecule is CNCc1ccc(N(C)CC(=O)NCC(C)C)cc1Br. The van der Waals surface area contributed by atoms with Crippen LogP contribution >= 0.6 is 15.9 Å². The molecule has 0 heterocycles. The molecule has 0 aliphatic rings. The summed E-state index contributed by atoms with van der Waals surface area (Å²) in [6.45, 7) is 6.07. The molecule has 1 aromatic rings. The highest BCUT2D eigenvalue weighted by atomic mass is 79.9. The van der Waals surface area contributed by atoms with Gasteiger partial charge in [0.2, 0.25) is 5.91 Å². The number of carbonyl (C=O) groups is 1. The molecular formula is C15H24BrN3O. The van der Waals surface area contributed by atoms with Gasteiger partial charge < -0.3 is 15.5 Å². The molecule has 0 fully saturated rings. The number of hydrogen-bond acceptors (Lipinski definition) is 3. The van der Waals surface area contributed by atoms with E-state index in [1.165, 1.54) is 5.56 Å².